The van der Waals surface area contributed by atoms with Gasteiger partial charge in [-0.1, -0.05) is 42.5 Å². The van der Waals surface area contributed by atoms with Crippen LogP contribution in [0.15, 0.2) is 60.2 Å². The minimum absolute atomic E-state index is 0. The van der Waals surface area contributed by atoms with Gasteiger partial charge in [0.15, 0.2) is 6.10 Å². The molecule has 144 valence electrons. The topological polar surface area (TPSA) is 22.9 Å². The second-order valence-corrected chi connectivity index (χ2v) is 7.18. The molecule has 0 amide bonds. The molecule has 1 saturated heterocycles. The number of likely N-dealkylation sites (tertiary alicyclic amines) is 1. The van der Waals surface area contributed by atoms with Gasteiger partial charge in [0.2, 0.25) is 0 Å². The van der Waals surface area contributed by atoms with Crippen LogP contribution in [-0.2, 0) is 4.74 Å². The molecular weight excluding hydrogens is 358 g/mol. The number of hydrogen-bond acceptors (Lipinski definition) is 2. The smallest absolute Gasteiger partial charge is 0.154 e. The van der Waals surface area contributed by atoms with E-state index in [0.29, 0.717) is 6.61 Å². The zero-order chi connectivity index (χ0) is 17.8. The third kappa shape index (κ3) is 4.31. The van der Waals surface area contributed by atoms with Crippen molar-refractivity contribution in [1.29, 1.82) is 0 Å². The van der Waals surface area contributed by atoms with Crippen molar-refractivity contribution in [3.8, 4) is 5.75 Å². The Morgan fingerprint density at radius 1 is 0.963 bits per heavy atom. The fourth-order valence-corrected chi connectivity index (χ4v) is 4.13. The maximum atomic E-state index is 6.50. The van der Waals surface area contributed by atoms with E-state index in [9.17, 15) is 0 Å². The van der Waals surface area contributed by atoms with E-state index in [-0.39, 0.29) is 18.5 Å². The molecule has 2 aliphatic heterocycles. The Morgan fingerprint density at radius 3 is 2.41 bits per heavy atom. The lowest BCUT2D eigenvalue weighted by atomic mass is 9.93. The molecule has 0 aromatic heterocycles. The first-order valence-electron chi connectivity index (χ1n) is 9.87. The quantitative estimate of drug-likeness (QED) is 0.816. The van der Waals surface area contributed by atoms with Crippen LogP contribution in [0, 0.1) is 0 Å². The molecule has 0 bridgehead atoms. The number of nitrogens with one attached hydrogen (secondary N) is 1. The molecule has 4 heteroatoms. The molecule has 1 atom stereocenters. The molecular formula is C23H28ClNO2. The predicted molar refractivity (Wildman–Crippen MR) is 104 cm³/mol. The Hall–Kier alpha value is -1.97. The van der Waals surface area contributed by atoms with Crippen molar-refractivity contribution >= 4 is 5.76 Å². The van der Waals surface area contributed by atoms with E-state index in [4.69, 9.17) is 9.47 Å². The van der Waals surface area contributed by atoms with Gasteiger partial charge >= 0.3 is 0 Å². The number of rotatable bonds is 5. The van der Waals surface area contributed by atoms with Crippen molar-refractivity contribution in [3.63, 3.8) is 0 Å². The molecule has 2 aromatic carbocycles. The Balaban J connectivity index is 0.00000210. The maximum Gasteiger partial charge on any atom is 0.154 e. The van der Waals surface area contributed by atoms with Crippen molar-refractivity contribution in [1.82, 2.24) is 0 Å². The summed E-state index contributed by atoms with van der Waals surface area (Å²) in [5.74, 6) is 1.95. The number of benzene rings is 2. The normalized spacial score (nSPS) is 19.7. The van der Waals surface area contributed by atoms with Crippen LogP contribution in [0.1, 0.15) is 43.4 Å². The van der Waals surface area contributed by atoms with Crippen molar-refractivity contribution in [3.05, 3.63) is 71.3 Å². The fraction of sp³-hybridized carbons (Fsp3) is 0.391. The van der Waals surface area contributed by atoms with Crippen molar-refractivity contribution in [2.45, 2.75) is 32.3 Å². The van der Waals surface area contributed by atoms with Crippen LogP contribution in [0.25, 0.3) is 5.76 Å². The molecule has 2 aromatic rings. The summed E-state index contributed by atoms with van der Waals surface area (Å²) in [5.41, 5.74) is 3.58. The van der Waals surface area contributed by atoms with Crippen molar-refractivity contribution < 1.29 is 26.8 Å². The molecule has 3 nitrogen and oxygen atoms in total. The second kappa shape index (κ2) is 9.29. The van der Waals surface area contributed by atoms with E-state index in [1.807, 2.05) is 6.07 Å². The standard InChI is InChI=1S/C23H27NO2.ClH/c1-2-25-23-19-13-7-8-14-21(19)26-22(18-11-5-3-6-12-18)20(23)17-24-15-9-4-10-16-24;/h3,5-8,11-14,22H,2,4,9-10,15-17H2,1H3;1H. The highest BCUT2D eigenvalue weighted by molar-refractivity contribution is 5.72. The number of quaternary nitrogens is 1. The molecule has 0 radical (unpaired) electrons. The lowest BCUT2D eigenvalue weighted by molar-refractivity contribution is -0.900. The van der Waals surface area contributed by atoms with Gasteiger partial charge in [0.05, 0.1) is 30.8 Å². The Morgan fingerprint density at radius 2 is 1.67 bits per heavy atom. The van der Waals surface area contributed by atoms with Gasteiger partial charge in [0, 0.05) is 0 Å². The van der Waals surface area contributed by atoms with E-state index in [2.05, 4.69) is 55.5 Å². The summed E-state index contributed by atoms with van der Waals surface area (Å²) in [5, 5.41) is 0. The Labute approximate surface area is 168 Å². The minimum Gasteiger partial charge on any atom is -1.00 e. The van der Waals surface area contributed by atoms with Gasteiger partial charge in [-0.25, -0.2) is 0 Å². The van der Waals surface area contributed by atoms with E-state index in [1.165, 1.54) is 43.5 Å². The lowest BCUT2D eigenvalue weighted by Crippen LogP contribution is -3.13. The maximum absolute atomic E-state index is 6.50. The second-order valence-electron chi connectivity index (χ2n) is 7.18. The third-order valence-electron chi connectivity index (χ3n) is 5.38. The Kier molecular flexibility index (Phi) is 6.81. The predicted octanol–water partition coefficient (Wildman–Crippen LogP) is 0.641. The number of ether oxygens (including phenoxy) is 2. The summed E-state index contributed by atoms with van der Waals surface area (Å²) < 4.78 is 12.7. The van der Waals surface area contributed by atoms with Gasteiger partial charge in [-0.3, -0.25) is 0 Å². The molecule has 4 rings (SSSR count). The third-order valence-corrected chi connectivity index (χ3v) is 5.38. The van der Waals surface area contributed by atoms with Gasteiger partial charge in [-0.05, 0) is 43.9 Å². The summed E-state index contributed by atoms with van der Waals surface area (Å²) in [6.45, 7) is 6.21. The van der Waals surface area contributed by atoms with Crippen LogP contribution < -0.4 is 22.0 Å². The average molecular weight is 386 g/mol. The van der Waals surface area contributed by atoms with E-state index < -0.39 is 0 Å². The molecule has 1 unspecified atom stereocenters. The molecule has 1 fully saturated rings. The molecule has 0 saturated carbocycles. The summed E-state index contributed by atoms with van der Waals surface area (Å²) in [6.07, 6.45) is 3.93. The van der Waals surface area contributed by atoms with Gasteiger partial charge in [0.1, 0.15) is 18.1 Å². The minimum atomic E-state index is -0.0675. The Bertz CT molecular complexity index is 769. The molecule has 1 N–H and O–H groups in total. The van der Waals surface area contributed by atoms with Crippen molar-refractivity contribution in [2.24, 2.45) is 0 Å². The first-order chi connectivity index (χ1) is 12.9. The molecule has 0 aliphatic carbocycles. The SMILES string of the molecule is CCOC1=C(C[NH+]2CCCCC2)C(c2ccccc2)Oc2ccccc21.[Cl-]. The first-order valence-corrected chi connectivity index (χ1v) is 9.87. The molecule has 27 heavy (non-hydrogen) atoms. The highest BCUT2D eigenvalue weighted by Crippen LogP contribution is 2.42. The first kappa shape index (κ1) is 19.8. The van der Waals surface area contributed by atoms with E-state index >= 15 is 0 Å². The zero-order valence-corrected chi connectivity index (χ0v) is 16.7. The zero-order valence-electron chi connectivity index (χ0n) is 15.9. The number of para-hydroxylation sites is 1. The summed E-state index contributed by atoms with van der Waals surface area (Å²) >= 11 is 0. The average Bonchev–Trinajstić information content (AvgIpc) is 2.71. The van der Waals surface area contributed by atoms with Crippen LogP contribution in [-0.4, -0.2) is 26.2 Å². The van der Waals surface area contributed by atoms with Gasteiger partial charge in [0.25, 0.3) is 0 Å². The lowest BCUT2D eigenvalue weighted by Gasteiger charge is -2.33. The largest absolute Gasteiger partial charge is 1.00 e. The monoisotopic (exact) mass is 385 g/mol. The fourth-order valence-electron chi connectivity index (χ4n) is 4.13. The molecule has 2 heterocycles. The van der Waals surface area contributed by atoms with Crippen LogP contribution in [0.5, 0.6) is 5.75 Å². The van der Waals surface area contributed by atoms with E-state index in [1.54, 1.807) is 4.90 Å². The number of halogens is 1. The summed E-state index contributed by atoms with van der Waals surface area (Å²) in [7, 11) is 0. The van der Waals surface area contributed by atoms with Crippen LogP contribution in [0.4, 0.5) is 0 Å². The number of piperidine rings is 1. The number of fused-ring (bicyclic) bond motifs is 1. The molecule has 2 aliphatic rings. The van der Waals surface area contributed by atoms with E-state index in [0.717, 1.165) is 23.6 Å². The van der Waals surface area contributed by atoms with Gasteiger partial charge in [-0.15, -0.1) is 0 Å². The summed E-state index contributed by atoms with van der Waals surface area (Å²) in [4.78, 5) is 1.65. The number of hydrogen-bond donors (Lipinski definition) is 1. The van der Waals surface area contributed by atoms with Gasteiger partial charge < -0.3 is 26.8 Å². The summed E-state index contributed by atoms with van der Waals surface area (Å²) in [6, 6.07) is 18.8. The van der Waals surface area contributed by atoms with Crippen LogP contribution in [0.2, 0.25) is 0 Å². The van der Waals surface area contributed by atoms with Crippen LogP contribution in [0.3, 0.4) is 0 Å². The van der Waals surface area contributed by atoms with Crippen LogP contribution >= 0.6 is 0 Å². The van der Waals surface area contributed by atoms with Crippen molar-refractivity contribution in [2.75, 3.05) is 26.2 Å². The van der Waals surface area contributed by atoms with Gasteiger partial charge in [-0.2, -0.15) is 0 Å². The highest BCUT2D eigenvalue weighted by atomic mass is 35.5. The highest BCUT2D eigenvalue weighted by Gasteiger charge is 2.33. The molecule has 0 spiro atoms.